The van der Waals surface area contributed by atoms with Crippen molar-refractivity contribution in [2.24, 2.45) is 0 Å². The van der Waals surface area contributed by atoms with Gasteiger partial charge in [-0.2, -0.15) is 0 Å². The summed E-state index contributed by atoms with van der Waals surface area (Å²) in [4.78, 5) is 3.95. The minimum absolute atomic E-state index is 0.0463. The number of hydrogen-bond donors (Lipinski definition) is 1. The lowest BCUT2D eigenvalue weighted by Crippen LogP contribution is -1.86. The summed E-state index contributed by atoms with van der Waals surface area (Å²) in [7, 11) is 1.57. The highest BCUT2D eigenvalue weighted by Gasteiger charge is 1.91. The summed E-state index contributed by atoms with van der Waals surface area (Å²) in [6, 6.07) is 3.64. The summed E-state index contributed by atoms with van der Waals surface area (Å²) >= 11 is 0. The molecule has 12 heavy (non-hydrogen) atoms. The molecule has 1 aromatic heterocycles. The van der Waals surface area contributed by atoms with Crippen molar-refractivity contribution >= 4 is 6.08 Å². The normalized spacial score (nSPS) is 10.5. The third-order valence-electron chi connectivity index (χ3n) is 1.38. The lowest BCUT2D eigenvalue weighted by atomic mass is 10.2. The van der Waals surface area contributed by atoms with Crippen molar-refractivity contribution < 1.29 is 9.84 Å². The van der Waals surface area contributed by atoms with E-state index in [4.69, 9.17) is 9.84 Å². The number of methoxy groups -OCH3 is 1. The van der Waals surface area contributed by atoms with Crippen molar-refractivity contribution in [3.8, 4) is 5.88 Å². The van der Waals surface area contributed by atoms with Crippen LogP contribution in [0.4, 0.5) is 0 Å². The van der Waals surface area contributed by atoms with Crippen molar-refractivity contribution in [1.29, 1.82) is 0 Å². The monoisotopic (exact) mass is 165 g/mol. The second-order valence-corrected chi connectivity index (χ2v) is 2.22. The molecule has 0 fully saturated rings. The molecule has 64 valence electrons. The molecule has 1 rings (SSSR count). The summed E-state index contributed by atoms with van der Waals surface area (Å²) < 4.78 is 4.93. The Morgan fingerprint density at radius 3 is 3.17 bits per heavy atom. The zero-order valence-corrected chi connectivity index (χ0v) is 6.90. The first-order valence-corrected chi connectivity index (χ1v) is 3.64. The maximum atomic E-state index is 8.52. The minimum atomic E-state index is 0.0463. The largest absolute Gasteiger partial charge is 0.481 e. The van der Waals surface area contributed by atoms with Crippen molar-refractivity contribution in [2.75, 3.05) is 13.7 Å². The Morgan fingerprint density at radius 1 is 1.67 bits per heavy atom. The third kappa shape index (κ3) is 2.36. The molecule has 3 nitrogen and oxygen atoms in total. The van der Waals surface area contributed by atoms with E-state index in [1.807, 2.05) is 12.1 Å². The van der Waals surface area contributed by atoms with E-state index < -0.39 is 0 Å². The molecule has 0 aromatic carbocycles. The van der Waals surface area contributed by atoms with Gasteiger partial charge in [0.1, 0.15) is 0 Å². The molecular weight excluding hydrogens is 154 g/mol. The Labute approximate surface area is 71.3 Å². The number of pyridine rings is 1. The fourth-order valence-corrected chi connectivity index (χ4v) is 0.829. The van der Waals surface area contributed by atoms with Crippen molar-refractivity contribution in [3.63, 3.8) is 0 Å². The van der Waals surface area contributed by atoms with Crippen molar-refractivity contribution in [1.82, 2.24) is 4.98 Å². The number of aliphatic hydroxyl groups is 1. The van der Waals surface area contributed by atoms with Crippen LogP contribution in [0, 0.1) is 0 Å². The quantitative estimate of drug-likeness (QED) is 0.729. The van der Waals surface area contributed by atoms with E-state index in [0.717, 1.165) is 5.56 Å². The fourth-order valence-electron chi connectivity index (χ4n) is 0.829. The molecule has 0 radical (unpaired) electrons. The van der Waals surface area contributed by atoms with Crippen LogP contribution in [0.5, 0.6) is 5.88 Å². The second kappa shape index (κ2) is 4.51. The molecule has 0 aliphatic rings. The van der Waals surface area contributed by atoms with Gasteiger partial charge in [-0.15, -0.1) is 0 Å². The van der Waals surface area contributed by atoms with Gasteiger partial charge in [0.15, 0.2) is 0 Å². The molecule has 0 amide bonds. The van der Waals surface area contributed by atoms with Crippen LogP contribution in [0.15, 0.2) is 24.4 Å². The lowest BCUT2D eigenvalue weighted by Gasteiger charge is -1.97. The molecular formula is C9H11NO2. The van der Waals surface area contributed by atoms with Gasteiger partial charge < -0.3 is 9.84 Å². The highest BCUT2D eigenvalue weighted by atomic mass is 16.5. The molecule has 1 aromatic rings. The maximum absolute atomic E-state index is 8.52. The van der Waals surface area contributed by atoms with Gasteiger partial charge in [0.2, 0.25) is 5.88 Å². The van der Waals surface area contributed by atoms with Gasteiger partial charge in [-0.1, -0.05) is 12.2 Å². The molecule has 0 saturated carbocycles. The van der Waals surface area contributed by atoms with Crippen LogP contribution in [0.25, 0.3) is 6.08 Å². The van der Waals surface area contributed by atoms with Gasteiger partial charge in [0, 0.05) is 12.3 Å². The van der Waals surface area contributed by atoms with E-state index in [2.05, 4.69) is 4.98 Å². The standard InChI is InChI=1S/C9H11NO2/c1-12-9-7-8(3-2-6-11)4-5-10-9/h2-5,7,11H,6H2,1H3. The van der Waals surface area contributed by atoms with E-state index in [-0.39, 0.29) is 6.61 Å². The summed E-state index contributed by atoms with van der Waals surface area (Å²) in [6.45, 7) is 0.0463. The first-order chi connectivity index (χ1) is 5.86. The van der Waals surface area contributed by atoms with E-state index in [1.165, 1.54) is 0 Å². The van der Waals surface area contributed by atoms with E-state index in [9.17, 15) is 0 Å². The maximum Gasteiger partial charge on any atom is 0.213 e. The Hall–Kier alpha value is -1.35. The molecule has 3 heteroatoms. The Balaban J connectivity index is 2.79. The van der Waals surface area contributed by atoms with Gasteiger partial charge in [-0.3, -0.25) is 0 Å². The van der Waals surface area contributed by atoms with Gasteiger partial charge in [-0.05, 0) is 11.6 Å². The number of nitrogens with zero attached hydrogens (tertiary/aromatic N) is 1. The number of aliphatic hydroxyl groups excluding tert-OH is 1. The van der Waals surface area contributed by atoms with Crippen LogP contribution in [0.3, 0.4) is 0 Å². The second-order valence-electron chi connectivity index (χ2n) is 2.22. The average molecular weight is 165 g/mol. The summed E-state index contributed by atoms with van der Waals surface area (Å²) in [5.74, 6) is 0.579. The van der Waals surface area contributed by atoms with Gasteiger partial charge >= 0.3 is 0 Å². The lowest BCUT2D eigenvalue weighted by molar-refractivity contribution is 0.343. The zero-order chi connectivity index (χ0) is 8.81. The number of ether oxygens (including phenoxy) is 1. The molecule has 0 aliphatic heterocycles. The molecule has 0 aliphatic carbocycles. The Kier molecular flexibility index (Phi) is 3.29. The van der Waals surface area contributed by atoms with Crippen LogP contribution in [0.1, 0.15) is 5.56 Å². The third-order valence-corrected chi connectivity index (χ3v) is 1.38. The first-order valence-electron chi connectivity index (χ1n) is 3.64. The average Bonchev–Trinajstić information content (AvgIpc) is 2.15. The zero-order valence-electron chi connectivity index (χ0n) is 6.90. The fraction of sp³-hybridized carbons (Fsp3) is 0.222. The van der Waals surface area contributed by atoms with Crippen LogP contribution >= 0.6 is 0 Å². The van der Waals surface area contributed by atoms with Crippen LogP contribution in [-0.2, 0) is 0 Å². The van der Waals surface area contributed by atoms with Gasteiger partial charge in [0.05, 0.1) is 13.7 Å². The molecule has 0 atom stereocenters. The smallest absolute Gasteiger partial charge is 0.213 e. The van der Waals surface area contributed by atoms with Gasteiger partial charge in [0.25, 0.3) is 0 Å². The Bertz CT molecular complexity index is 271. The Morgan fingerprint density at radius 2 is 2.50 bits per heavy atom. The van der Waals surface area contributed by atoms with Crippen LogP contribution in [-0.4, -0.2) is 23.8 Å². The van der Waals surface area contributed by atoms with Crippen molar-refractivity contribution in [3.05, 3.63) is 30.0 Å². The van der Waals surface area contributed by atoms with E-state index in [0.29, 0.717) is 5.88 Å². The van der Waals surface area contributed by atoms with Gasteiger partial charge in [-0.25, -0.2) is 4.98 Å². The van der Waals surface area contributed by atoms with Crippen LogP contribution < -0.4 is 4.74 Å². The topological polar surface area (TPSA) is 42.4 Å². The number of rotatable bonds is 3. The van der Waals surface area contributed by atoms with Crippen LogP contribution in [0.2, 0.25) is 0 Å². The molecule has 1 heterocycles. The number of hydrogen-bond acceptors (Lipinski definition) is 3. The molecule has 0 saturated heterocycles. The molecule has 0 unspecified atom stereocenters. The van der Waals surface area contributed by atoms with Crippen molar-refractivity contribution in [2.45, 2.75) is 0 Å². The predicted molar refractivity (Wildman–Crippen MR) is 46.9 cm³/mol. The summed E-state index contributed by atoms with van der Waals surface area (Å²) in [5.41, 5.74) is 0.968. The number of aromatic nitrogens is 1. The molecule has 0 bridgehead atoms. The predicted octanol–water partition coefficient (Wildman–Crippen LogP) is 1.10. The molecule has 0 spiro atoms. The first kappa shape index (κ1) is 8.74. The highest BCUT2D eigenvalue weighted by molar-refractivity contribution is 5.49. The summed E-state index contributed by atoms with van der Waals surface area (Å²) in [6.07, 6.45) is 5.13. The highest BCUT2D eigenvalue weighted by Crippen LogP contribution is 2.09. The molecule has 1 N–H and O–H groups in total. The summed E-state index contributed by atoms with van der Waals surface area (Å²) in [5, 5.41) is 8.52. The van der Waals surface area contributed by atoms with E-state index >= 15 is 0 Å². The van der Waals surface area contributed by atoms with E-state index in [1.54, 1.807) is 25.4 Å². The minimum Gasteiger partial charge on any atom is -0.481 e. The SMILES string of the molecule is COc1cc(C=CCO)ccn1.